The first kappa shape index (κ1) is 7.72. The van der Waals surface area contributed by atoms with Gasteiger partial charge in [-0.2, -0.15) is 0 Å². The molecular weight excluding hydrogens is 140 g/mol. The van der Waals surface area contributed by atoms with E-state index in [-0.39, 0.29) is 0 Å². The Hall–Kier alpha value is -1.38. The molecule has 1 rings (SSSR count). The molecule has 0 N–H and O–H groups in total. The molecule has 0 aromatic carbocycles. The second kappa shape index (κ2) is 3.14. The van der Waals surface area contributed by atoms with Crippen molar-refractivity contribution in [1.82, 2.24) is 9.55 Å². The summed E-state index contributed by atoms with van der Waals surface area (Å²) >= 11 is 0. The molecule has 58 valence electrons. The molecule has 0 amide bonds. The first-order valence-electron chi connectivity index (χ1n) is 3.35. The second-order valence-electron chi connectivity index (χ2n) is 2.34. The van der Waals surface area contributed by atoms with Crippen LogP contribution >= 0.6 is 0 Å². The number of hydrogen-bond donors (Lipinski definition) is 0. The number of aromatic nitrogens is 2. The molecule has 0 aliphatic rings. The molecule has 3 heteroatoms. The Morgan fingerprint density at radius 1 is 1.91 bits per heavy atom. The van der Waals surface area contributed by atoms with Gasteiger partial charge in [-0.05, 0) is 5.57 Å². The highest BCUT2D eigenvalue weighted by Gasteiger charge is 2.01. The number of nitrogens with zero attached hydrogens (tertiary/aromatic N) is 2. The minimum absolute atomic E-state index is 0.352. The zero-order valence-electron chi connectivity index (χ0n) is 6.45. The van der Waals surface area contributed by atoms with Gasteiger partial charge in [-0.3, -0.25) is 0 Å². The van der Waals surface area contributed by atoms with Crippen molar-refractivity contribution in [2.24, 2.45) is 7.05 Å². The number of hydrogen-bond acceptors (Lipinski definition) is 2. The molecule has 0 unspecified atom stereocenters. The van der Waals surface area contributed by atoms with Gasteiger partial charge in [-0.1, -0.05) is 6.58 Å². The Morgan fingerprint density at radius 2 is 2.64 bits per heavy atom. The van der Waals surface area contributed by atoms with Crippen LogP contribution in [-0.2, 0) is 11.8 Å². The summed E-state index contributed by atoms with van der Waals surface area (Å²) in [6.45, 7) is 3.73. The number of rotatable bonds is 3. The molecule has 0 saturated heterocycles. The van der Waals surface area contributed by atoms with Crippen LogP contribution in [0.5, 0.6) is 0 Å². The molecule has 0 aliphatic heterocycles. The van der Waals surface area contributed by atoms with Crippen LogP contribution < -0.4 is 0 Å². The number of aldehydes is 1. The lowest BCUT2D eigenvalue weighted by Crippen LogP contribution is -1.95. The van der Waals surface area contributed by atoms with Crippen molar-refractivity contribution in [2.45, 2.75) is 6.42 Å². The van der Waals surface area contributed by atoms with Crippen molar-refractivity contribution in [1.29, 1.82) is 0 Å². The van der Waals surface area contributed by atoms with Crippen LogP contribution in [0.25, 0.3) is 5.57 Å². The lowest BCUT2D eigenvalue weighted by atomic mass is 10.2. The standard InChI is InChI=1S/C8H10N2O/c1-7(3-6-11)8-9-4-5-10(8)2/h4-6H,1,3H2,2H3. The predicted molar refractivity (Wildman–Crippen MR) is 42.9 cm³/mol. The molecule has 0 fully saturated rings. The van der Waals surface area contributed by atoms with Crippen LogP contribution in [0, 0.1) is 0 Å². The summed E-state index contributed by atoms with van der Waals surface area (Å²) in [5.74, 6) is 0.775. The van der Waals surface area contributed by atoms with Crippen molar-refractivity contribution >= 4 is 11.9 Å². The molecule has 3 nitrogen and oxygen atoms in total. The minimum atomic E-state index is 0.352. The summed E-state index contributed by atoms with van der Waals surface area (Å²) in [7, 11) is 1.87. The van der Waals surface area contributed by atoms with Crippen molar-refractivity contribution in [3.63, 3.8) is 0 Å². The normalized spacial score (nSPS) is 9.55. The summed E-state index contributed by atoms with van der Waals surface area (Å²) in [5, 5.41) is 0. The summed E-state index contributed by atoms with van der Waals surface area (Å²) < 4.78 is 1.84. The smallest absolute Gasteiger partial charge is 0.135 e. The first-order valence-corrected chi connectivity index (χ1v) is 3.35. The largest absolute Gasteiger partial charge is 0.334 e. The Bertz CT molecular complexity index is 275. The molecule has 0 atom stereocenters. The van der Waals surface area contributed by atoms with E-state index in [4.69, 9.17) is 0 Å². The third-order valence-corrected chi connectivity index (χ3v) is 1.47. The molecule has 0 saturated carbocycles. The highest BCUT2D eigenvalue weighted by Crippen LogP contribution is 2.10. The Morgan fingerprint density at radius 3 is 3.09 bits per heavy atom. The Balaban J connectivity index is 2.83. The van der Waals surface area contributed by atoms with E-state index in [0.29, 0.717) is 6.42 Å². The van der Waals surface area contributed by atoms with E-state index in [0.717, 1.165) is 17.7 Å². The van der Waals surface area contributed by atoms with Gasteiger partial charge >= 0.3 is 0 Å². The molecule has 1 heterocycles. The zero-order valence-corrected chi connectivity index (χ0v) is 6.45. The van der Waals surface area contributed by atoms with E-state index in [1.807, 2.05) is 17.8 Å². The third-order valence-electron chi connectivity index (χ3n) is 1.47. The van der Waals surface area contributed by atoms with Gasteiger partial charge in [-0.15, -0.1) is 0 Å². The van der Waals surface area contributed by atoms with Crippen LogP contribution in [0.2, 0.25) is 0 Å². The summed E-state index contributed by atoms with van der Waals surface area (Å²) in [4.78, 5) is 14.2. The van der Waals surface area contributed by atoms with Crippen molar-refractivity contribution < 1.29 is 4.79 Å². The monoisotopic (exact) mass is 150 g/mol. The number of carbonyl (C=O) groups is 1. The van der Waals surface area contributed by atoms with Gasteiger partial charge in [-0.25, -0.2) is 4.98 Å². The Labute approximate surface area is 65.4 Å². The number of carbonyl (C=O) groups excluding carboxylic acids is 1. The summed E-state index contributed by atoms with van der Waals surface area (Å²) in [5.41, 5.74) is 0.757. The molecule has 11 heavy (non-hydrogen) atoms. The average Bonchev–Trinajstić information content (AvgIpc) is 2.36. The fraction of sp³-hybridized carbons (Fsp3) is 0.250. The summed E-state index contributed by atoms with van der Waals surface area (Å²) in [6, 6.07) is 0. The van der Waals surface area contributed by atoms with Crippen molar-refractivity contribution in [2.75, 3.05) is 0 Å². The molecule has 0 spiro atoms. The molecule has 0 radical (unpaired) electrons. The van der Waals surface area contributed by atoms with Gasteiger partial charge in [0.1, 0.15) is 12.1 Å². The average molecular weight is 150 g/mol. The predicted octanol–water partition coefficient (Wildman–Crippen LogP) is 1.02. The zero-order chi connectivity index (χ0) is 8.27. The van der Waals surface area contributed by atoms with Crippen LogP contribution in [0.4, 0.5) is 0 Å². The SMILES string of the molecule is C=C(CC=O)c1nccn1C. The van der Waals surface area contributed by atoms with E-state index in [2.05, 4.69) is 11.6 Å². The maximum Gasteiger partial charge on any atom is 0.135 e. The number of aryl methyl sites for hydroxylation is 1. The van der Waals surface area contributed by atoms with Crippen LogP contribution in [0.3, 0.4) is 0 Å². The number of imidazole rings is 1. The quantitative estimate of drug-likeness (QED) is 0.603. The van der Waals surface area contributed by atoms with Gasteiger partial charge in [0.2, 0.25) is 0 Å². The fourth-order valence-electron chi connectivity index (χ4n) is 0.898. The molecule has 0 aliphatic carbocycles. The lowest BCUT2D eigenvalue weighted by molar-refractivity contribution is -0.107. The van der Waals surface area contributed by atoms with Crippen LogP contribution in [0.15, 0.2) is 19.0 Å². The molecule has 0 bridgehead atoms. The van der Waals surface area contributed by atoms with Crippen LogP contribution in [-0.4, -0.2) is 15.8 Å². The molecular formula is C8H10N2O. The van der Waals surface area contributed by atoms with Crippen LogP contribution in [0.1, 0.15) is 12.2 Å². The molecule has 1 aromatic rings. The van der Waals surface area contributed by atoms with E-state index in [1.54, 1.807) is 6.20 Å². The van der Waals surface area contributed by atoms with Gasteiger partial charge < -0.3 is 9.36 Å². The van der Waals surface area contributed by atoms with Gasteiger partial charge in [0.25, 0.3) is 0 Å². The molecule has 1 aromatic heterocycles. The van der Waals surface area contributed by atoms with E-state index in [9.17, 15) is 4.79 Å². The van der Waals surface area contributed by atoms with Crippen molar-refractivity contribution in [3.8, 4) is 0 Å². The topological polar surface area (TPSA) is 34.9 Å². The van der Waals surface area contributed by atoms with E-state index < -0.39 is 0 Å². The maximum atomic E-state index is 10.1. The van der Waals surface area contributed by atoms with Gasteiger partial charge in [0, 0.05) is 25.9 Å². The van der Waals surface area contributed by atoms with E-state index in [1.165, 1.54) is 0 Å². The maximum absolute atomic E-state index is 10.1. The fourth-order valence-corrected chi connectivity index (χ4v) is 0.898. The summed E-state index contributed by atoms with van der Waals surface area (Å²) in [6.07, 6.45) is 4.69. The highest BCUT2D eigenvalue weighted by molar-refractivity contribution is 5.72. The number of allylic oxidation sites excluding steroid dienone is 1. The highest BCUT2D eigenvalue weighted by atomic mass is 16.1. The van der Waals surface area contributed by atoms with Gasteiger partial charge in [0.05, 0.1) is 0 Å². The van der Waals surface area contributed by atoms with E-state index >= 15 is 0 Å². The first-order chi connectivity index (χ1) is 5.25. The minimum Gasteiger partial charge on any atom is -0.334 e. The van der Waals surface area contributed by atoms with Gasteiger partial charge in [0.15, 0.2) is 0 Å². The second-order valence-corrected chi connectivity index (χ2v) is 2.34. The lowest BCUT2D eigenvalue weighted by Gasteiger charge is -1.99. The van der Waals surface area contributed by atoms with Crippen molar-refractivity contribution in [3.05, 3.63) is 24.8 Å². The Kier molecular flexibility index (Phi) is 2.21. The third kappa shape index (κ3) is 1.55.